The number of rotatable bonds is 2. The molecule has 0 aliphatic carbocycles. The maximum absolute atomic E-state index is 11.2. The van der Waals surface area contributed by atoms with Crippen LogP contribution in [0.15, 0.2) is 22.7 Å². The Bertz CT molecular complexity index is 428. The fraction of sp³-hybridized carbons (Fsp3) is 0.417. The van der Waals surface area contributed by atoms with Crippen LogP contribution in [0.3, 0.4) is 0 Å². The molecule has 92 valence electrons. The summed E-state index contributed by atoms with van der Waals surface area (Å²) >= 11 is 3.52. The smallest absolute Gasteiger partial charge is 0.248 e. The maximum Gasteiger partial charge on any atom is 0.248 e. The van der Waals surface area contributed by atoms with E-state index in [4.69, 9.17) is 5.73 Å². The number of primary amides is 1. The van der Waals surface area contributed by atoms with E-state index < -0.39 is 0 Å². The van der Waals surface area contributed by atoms with Crippen LogP contribution in [0.2, 0.25) is 0 Å². The molecular formula is C12H16BrN3O. The van der Waals surface area contributed by atoms with Crippen molar-refractivity contribution in [3.63, 3.8) is 0 Å². The van der Waals surface area contributed by atoms with Crippen molar-refractivity contribution in [1.29, 1.82) is 0 Å². The molecule has 5 heteroatoms. The van der Waals surface area contributed by atoms with Crippen LogP contribution >= 0.6 is 15.9 Å². The molecule has 1 aromatic carbocycles. The standard InChI is InChI=1S/C12H16BrN3O/c1-15-4-6-16(7-5-15)11-8-9(12(14)17)2-3-10(11)13/h2-3,8H,4-7H2,1H3,(H2,14,17). The third-order valence-corrected chi connectivity index (χ3v) is 3.75. The minimum absolute atomic E-state index is 0.382. The number of halogens is 1. The summed E-state index contributed by atoms with van der Waals surface area (Å²) in [6, 6.07) is 5.48. The van der Waals surface area contributed by atoms with Crippen LogP contribution in [0.5, 0.6) is 0 Å². The molecule has 17 heavy (non-hydrogen) atoms. The SMILES string of the molecule is CN1CCN(c2cc(C(N)=O)ccc2Br)CC1. The molecule has 0 radical (unpaired) electrons. The Labute approximate surface area is 110 Å². The van der Waals surface area contributed by atoms with Crippen molar-refractivity contribution in [3.05, 3.63) is 28.2 Å². The highest BCUT2D eigenvalue weighted by molar-refractivity contribution is 9.10. The van der Waals surface area contributed by atoms with Crippen molar-refractivity contribution >= 4 is 27.5 Å². The number of nitrogens with zero attached hydrogens (tertiary/aromatic N) is 2. The minimum Gasteiger partial charge on any atom is -0.368 e. The average molecular weight is 298 g/mol. The highest BCUT2D eigenvalue weighted by Crippen LogP contribution is 2.28. The maximum atomic E-state index is 11.2. The van der Waals surface area contributed by atoms with Gasteiger partial charge in [0.15, 0.2) is 0 Å². The van der Waals surface area contributed by atoms with Crippen LogP contribution in [0, 0.1) is 0 Å². The zero-order chi connectivity index (χ0) is 12.4. The van der Waals surface area contributed by atoms with Crippen LogP contribution in [0.1, 0.15) is 10.4 Å². The van der Waals surface area contributed by atoms with Crippen molar-refractivity contribution in [2.75, 3.05) is 38.1 Å². The Hall–Kier alpha value is -1.07. The van der Waals surface area contributed by atoms with Crippen molar-refractivity contribution in [1.82, 2.24) is 4.90 Å². The zero-order valence-electron chi connectivity index (χ0n) is 9.82. The number of likely N-dealkylation sites (N-methyl/N-ethyl adjacent to an activating group) is 1. The number of piperazine rings is 1. The molecule has 2 rings (SSSR count). The largest absolute Gasteiger partial charge is 0.368 e. The van der Waals surface area contributed by atoms with Crippen LogP contribution in [-0.4, -0.2) is 44.0 Å². The van der Waals surface area contributed by atoms with Gasteiger partial charge in [0.25, 0.3) is 0 Å². The third kappa shape index (κ3) is 2.79. The average Bonchev–Trinajstić information content (AvgIpc) is 2.31. The summed E-state index contributed by atoms with van der Waals surface area (Å²) in [6.45, 7) is 4.01. The first-order valence-corrected chi connectivity index (χ1v) is 6.40. The first-order chi connectivity index (χ1) is 8.08. The molecule has 1 fully saturated rings. The number of benzene rings is 1. The molecule has 1 heterocycles. The van der Waals surface area contributed by atoms with Gasteiger partial charge in [0.1, 0.15) is 0 Å². The predicted octanol–water partition coefficient (Wildman–Crippen LogP) is 1.30. The first-order valence-electron chi connectivity index (χ1n) is 5.61. The highest BCUT2D eigenvalue weighted by Gasteiger charge is 2.17. The molecule has 1 saturated heterocycles. The lowest BCUT2D eigenvalue weighted by Gasteiger charge is -2.34. The summed E-state index contributed by atoms with van der Waals surface area (Å²) in [6.07, 6.45) is 0. The number of anilines is 1. The number of carbonyl (C=O) groups excluding carboxylic acids is 1. The summed E-state index contributed by atoms with van der Waals surface area (Å²) in [5.41, 5.74) is 6.91. The van der Waals surface area contributed by atoms with Gasteiger partial charge in [-0.3, -0.25) is 4.79 Å². The molecule has 0 saturated carbocycles. The molecule has 0 spiro atoms. The zero-order valence-corrected chi connectivity index (χ0v) is 11.4. The lowest BCUT2D eigenvalue weighted by Crippen LogP contribution is -2.44. The molecule has 1 aromatic rings. The van der Waals surface area contributed by atoms with E-state index in [9.17, 15) is 4.79 Å². The Balaban J connectivity index is 2.25. The van der Waals surface area contributed by atoms with E-state index in [0.717, 1.165) is 36.3 Å². The molecule has 1 amide bonds. The van der Waals surface area contributed by atoms with E-state index in [-0.39, 0.29) is 5.91 Å². The molecular weight excluding hydrogens is 282 g/mol. The lowest BCUT2D eigenvalue weighted by atomic mass is 10.1. The number of hydrogen-bond acceptors (Lipinski definition) is 3. The fourth-order valence-corrected chi connectivity index (χ4v) is 2.45. The second-order valence-corrected chi connectivity index (χ2v) is 5.18. The first kappa shape index (κ1) is 12.4. The van der Waals surface area contributed by atoms with Crippen molar-refractivity contribution in [2.24, 2.45) is 5.73 Å². The molecule has 0 atom stereocenters. The summed E-state index contributed by atoms with van der Waals surface area (Å²) in [5.74, 6) is -0.382. The predicted molar refractivity (Wildman–Crippen MR) is 72.4 cm³/mol. The van der Waals surface area contributed by atoms with Gasteiger partial charge >= 0.3 is 0 Å². The van der Waals surface area contributed by atoms with E-state index in [1.165, 1.54) is 0 Å². The Morgan fingerprint density at radius 1 is 1.29 bits per heavy atom. The van der Waals surface area contributed by atoms with E-state index in [0.29, 0.717) is 5.56 Å². The normalized spacial score (nSPS) is 17.2. The molecule has 0 bridgehead atoms. The molecule has 2 N–H and O–H groups in total. The lowest BCUT2D eigenvalue weighted by molar-refractivity contribution is 0.100. The number of carbonyl (C=O) groups is 1. The highest BCUT2D eigenvalue weighted by atomic mass is 79.9. The summed E-state index contributed by atoms with van der Waals surface area (Å²) < 4.78 is 1.01. The van der Waals surface area contributed by atoms with Gasteiger partial charge in [-0.05, 0) is 41.2 Å². The van der Waals surface area contributed by atoms with Gasteiger partial charge in [0.2, 0.25) is 5.91 Å². The molecule has 1 aliphatic heterocycles. The fourth-order valence-electron chi connectivity index (χ4n) is 1.96. The summed E-state index contributed by atoms with van der Waals surface area (Å²) in [7, 11) is 2.12. The molecule has 0 unspecified atom stereocenters. The van der Waals surface area contributed by atoms with Crippen LogP contribution in [0.4, 0.5) is 5.69 Å². The van der Waals surface area contributed by atoms with Gasteiger partial charge < -0.3 is 15.5 Å². The van der Waals surface area contributed by atoms with Crippen LogP contribution in [-0.2, 0) is 0 Å². The summed E-state index contributed by atoms with van der Waals surface area (Å²) in [5, 5.41) is 0. The molecule has 0 aromatic heterocycles. The Kier molecular flexibility index (Phi) is 3.69. The summed E-state index contributed by atoms with van der Waals surface area (Å²) in [4.78, 5) is 15.7. The Morgan fingerprint density at radius 2 is 1.94 bits per heavy atom. The number of hydrogen-bond donors (Lipinski definition) is 1. The van der Waals surface area contributed by atoms with Gasteiger partial charge in [0.05, 0.1) is 5.69 Å². The quantitative estimate of drug-likeness (QED) is 0.895. The van der Waals surface area contributed by atoms with Gasteiger partial charge in [0, 0.05) is 36.2 Å². The third-order valence-electron chi connectivity index (χ3n) is 3.07. The van der Waals surface area contributed by atoms with E-state index >= 15 is 0 Å². The number of nitrogens with two attached hydrogens (primary N) is 1. The van der Waals surface area contributed by atoms with Gasteiger partial charge in [-0.25, -0.2) is 0 Å². The van der Waals surface area contributed by atoms with Gasteiger partial charge in [-0.2, -0.15) is 0 Å². The van der Waals surface area contributed by atoms with Crippen LogP contribution < -0.4 is 10.6 Å². The molecule has 1 aliphatic rings. The van der Waals surface area contributed by atoms with Gasteiger partial charge in [-0.15, -0.1) is 0 Å². The van der Waals surface area contributed by atoms with Crippen molar-refractivity contribution < 1.29 is 4.79 Å². The second kappa shape index (κ2) is 5.06. The van der Waals surface area contributed by atoms with Crippen LogP contribution in [0.25, 0.3) is 0 Å². The van der Waals surface area contributed by atoms with Gasteiger partial charge in [-0.1, -0.05) is 0 Å². The second-order valence-electron chi connectivity index (χ2n) is 4.32. The van der Waals surface area contributed by atoms with E-state index in [2.05, 4.69) is 32.8 Å². The minimum atomic E-state index is -0.382. The monoisotopic (exact) mass is 297 g/mol. The Morgan fingerprint density at radius 3 is 2.53 bits per heavy atom. The number of amides is 1. The van der Waals surface area contributed by atoms with E-state index in [1.807, 2.05) is 12.1 Å². The van der Waals surface area contributed by atoms with Crippen molar-refractivity contribution in [3.8, 4) is 0 Å². The topological polar surface area (TPSA) is 49.6 Å². The van der Waals surface area contributed by atoms with E-state index in [1.54, 1.807) is 6.07 Å². The molecule has 4 nitrogen and oxygen atoms in total. The van der Waals surface area contributed by atoms with Crippen molar-refractivity contribution in [2.45, 2.75) is 0 Å².